The molecule has 0 saturated carbocycles. The van der Waals surface area contributed by atoms with Crippen molar-refractivity contribution in [3.05, 3.63) is 59.7 Å². The van der Waals surface area contributed by atoms with Crippen LogP contribution >= 0.6 is 0 Å². The summed E-state index contributed by atoms with van der Waals surface area (Å²) in [7, 11) is 1.66. The van der Waals surface area contributed by atoms with Crippen LogP contribution in [0.15, 0.2) is 48.5 Å². The van der Waals surface area contributed by atoms with Crippen LogP contribution in [0.1, 0.15) is 41.6 Å². The molecule has 196 valence electrons. The summed E-state index contributed by atoms with van der Waals surface area (Å²) in [6, 6.07) is 15.7. The summed E-state index contributed by atoms with van der Waals surface area (Å²) in [5, 5.41) is 7.12. The van der Waals surface area contributed by atoms with E-state index in [1.54, 1.807) is 7.11 Å². The first-order valence-corrected chi connectivity index (χ1v) is 11.9. The van der Waals surface area contributed by atoms with Gasteiger partial charge in [0.05, 0.1) is 7.11 Å². The van der Waals surface area contributed by atoms with Crippen LogP contribution in [0.2, 0.25) is 0 Å². The van der Waals surface area contributed by atoms with E-state index in [9.17, 15) is 18.0 Å². The highest BCUT2D eigenvalue weighted by Crippen LogP contribution is 2.24. The predicted molar refractivity (Wildman–Crippen MR) is 127 cm³/mol. The van der Waals surface area contributed by atoms with Gasteiger partial charge in [0, 0.05) is 24.7 Å². The summed E-state index contributed by atoms with van der Waals surface area (Å²) < 4.78 is 42.9. The zero-order valence-electron chi connectivity index (χ0n) is 20.2. The third-order valence-corrected chi connectivity index (χ3v) is 6.19. The van der Waals surface area contributed by atoms with Crippen LogP contribution in [0.4, 0.5) is 13.2 Å². The second kappa shape index (κ2) is 12.6. The minimum Gasteiger partial charge on any atom is -0.497 e. The van der Waals surface area contributed by atoms with Crippen LogP contribution in [-0.2, 0) is 11.4 Å². The second-order valence-electron chi connectivity index (χ2n) is 8.77. The quantitative estimate of drug-likeness (QED) is 0.589. The number of hydrogen-bond donors (Lipinski definition) is 1. The van der Waals surface area contributed by atoms with E-state index < -0.39 is 12.1 Å². The van der Waals surface area contributed by atoms with Gasteiger partial charge in [-0.15, -0.1) is 0 Å². The summed E-state index contributed by atoms with van der Waals surface area (Å²) in [6.07, 6.45) is -0.286. The molecule has 2 aromatic carbocycles. The summed E-state index contributed by atoms with van der Waals surface area (Å²) in [5.74, 6) is -1.03. The average Bonchev–Trinajstić information content (AvgIpc) is 3.55. The fourth-order valence-electron chi connectivity index (χ4n) is 4.34. The van der Waals surface area contributed by atoms with Gasteiger partial charge in [-0.3, -0.25) is 4.79 Å². The smallest absolute Gasteiger partial charge is 0.490 e. The van der Waals surface area contributed by atoms with Gasteiger partial charge in [-0.05, 0) is 80.7 Å². The third-order valence-electron chi connectivity index (χ3n) is 6.19. The molecule has 2 saturated heterocycles. The maximum atomic E-state index is 13.0. The van der Waals surface area contributed by atoms with Crippen molar-refractivity contribution in [2.24, 2.45) is 0 Å². The van der Waals surface area contributed by atoms with Crippen LogP contribution in [0, 0.1) is 0 Å². The summed E-state index contributed by atoms with van der Waals surface area (Å²) in [5.41, 5.74) is 1.79. The molecule has 1 atom stereocenters. The fraction of sp³-hybridized carbons (Fsp3) is 0.462. The molecule has 0 spiro atoms. The van der Waals surface area contributed by atoms with Crippen molar-refractivity contribution in [1.29, 1.82) is 0 Å². The number of rotatable bonds is 7. The molecule has 36 heavy (non-hydrogen) atoms. The summed E-state index contributed by atoms with van der Waals surface area (Å²) in [4.78, 5) is 26.5. The molecule has 4 rings (SSSR count). The molecule has 2 fully saturated rings. The Labute approximate surface area is 208 Å². The first-order valence-electron chi connectivity index (χ1n) is 11.9. The van der Waals surface area contributed by atoms with E-state index in [1.807, 2.05) is 48.5 Å². The molecular weight excluding hydrogens is 477 g/mol. The molecule has 2 heterocycles. The Morgan fingerprint density at radius 1 is 1.00 bits per heavy atom. The number of benzene rings is 2. The topological polar surface area (TPSA) is 79.3 Å². The number of alkyl halides is 3. The first kappa shape index (κ1) is 27.3. The lowest BCUT2D eigenvalue weighted by Gasteiger charge is -2.28. The van der Waals surface area contributed by atoms with Crippen molar-refractivity contribution >= 4 is 11.9 Å². The van der Waals surface area contributed by atoms with Crippen molar-refractivity contribution < 1.29 is 37.3 Å². The molecule has 1 amide bonds. The highest BCUT2D eigenvalue weighted by atomic mass is 19.4. The average molecular weight is 509 g/mol. The largest absolute Gasteiger partial charge is 0.497 e. The number of carbonyl (C=O) groups excluding carboxylic acids is 1. The lowest BCUT2D eigenvalue weighted by atomic mass is 10.1. The van der Waals surface area contributed by atoms with Crippen molar-refractivity contribution in [2.75, 3.05) is 33.3 Å². The van der Waals surface area contributed by atoms with Crippen LogP contribution in [0.5, 0.6) is 11.5 Å². The molecule has 0 aromatic heterocycles. The number of ether oxygens (including phenoxy) is 2. The lowest BCUT2D eigenvalue weighted by Crippen LogP contribution is -2.42. The Kier molecular flexibility index (Phi) is 9.58. The molecular formula is C26H31F3N2O5. The van der Waals surface area contributed by atoms with E-state index in [4.69, 9.17) is 19.4 Å². The number of halogens is 3. The summed E-state index contributed by atoms with van der Waals surface area (Å²) in [6.45, 7) is 4.71. The van der Waals surface area contributed by atoms with Gasteiger partial charge in [0.15, 0.2) is 0 Å². The second-order valence-corrected chi connectivity index (χ2v) is 8.77. The predicted octanol–water partition coefficient (Wildman–Crippen LogP) is 4.61. The molecule has 1 N–H and O–H groups in total. The standard InChI is InChI=1S/C24H30N2O3.C2HF3O2/c1-28-23-8-4-6-19(16-23)18-29-22-11-9-20(10-12-22)24(27)26-15-5-7-21(26)17-25-13-2-3-14-25;3-2(4,5)1(6)7/h4,6,8-12,16,21H,2-3,5,7,13-15,17-18H2,1H3;(H,6,7). The van der Waals surface area contributed by atoms with Gasteiger partial charge in [0.2, 0.25) is 0 Å². The molecule has 7 nitrogen and oxygen atoms in total. The van der Waals surface area contributed by atoms with Crippen LogP contribution in [0.3, 0.4) is 0 Å². The molecule has 0 radical (unpaired) electrons. The molecule has 2 aromatic rings. The number of carboxylic acids is 1. The highest BCUT2D eigenvalue weighted by molar-refractivity contribution is 5.94. The Bertz CT molecular complexity index is 1010. The molecule has 2 aliphatic heterocycles. The van der Waals surface area contributed by atoms with Crippen LogP contribution < -0.4 is 9.47 Å². The number of aliphatic carboxylic acids is 1. The Morgan fingerprint density at radius 3 is 2.28 bits per heavy atom. The normalized spacial score (nSPS) is 17.9. The molecule has 10 heteroatoms. The van der Waals surface area contributed by atoms with E-state index >= 15 is 0 Å². The monoisotopic (exact) mass is 508 g/mol. The Morgan fingerprint density at radius 2 is 1.67 bits per heavy atom. The van der Waals surface area contributed by atoms with E-state index in [-0.39, 0.29) is 5.91 Å². The molecule has 1 unspecified atom stereocenters. The Hall–Kier alpha value is -3.27. The minimum atomic E-state index is -5.08. The van der Waals surface area contributed by atoms with Gasteiger partial charge in [-0.1, -0.05) is 12.1 Å². The Balaban J connectivity index is 0.000000454. The van der Waals surface area contributed by atoms with E-state index in [0.717, 1.165) is 48.6 Å². The number of likely N-dealkylation sites (tertiary alicyclic amines) is 2. The van der Waals surface area contributed by atoms with Gasteiger partial charge >= 0.3 is 12.1 Å². The van der Waals surface area contributed by atoms with Crippen molar-refractivity contribution in [3.8, 4) is 11.5 Å². The van der Waals surface area contributed by atoms with Gasteiger partial charge < -0.3 is 24.4 Å². The maximum absolute atomic E-state index is 13.0. The van der Waals surface area contributed by atoms with Crippen molar-refractivity contribution in [1.82, 2.24) is 9.80 Å². The summed E-state index contributed by atoms with van der Waals surface area (Å²) >= 11 is 0. The van der Waals surface area contributed by atoms with Crippen LogP contribution in [-0.4, -0.2) is 72.3 Å². The number of nitrogens with zero attached hydrogens (tertiary/aromatic N) is 2. The number of amides is 1. The highest BCUT2D eigenvalue weighted by Gasteiger charge is 2.38. The van der Waals surface area contributed by atoms with Crippen LogP contribution in [0.25, 0.3) is 0 Å². The fourth-order valence-corrected chi connectivity index (χ4v) is 4.34. The number of carbonyl (C=O) groups is 2. The zero-order valence-corrected chi connectivity index (χ0v) is 20.2. The minimum absolute atomic E-state index is 0.144. The van der Waals surface area contributed by atoms with Crippen molar-refractivity contribution in [2.45, 2.75) is 44.5 Å². The SMILES string of the molecule is COc1cccc(COc2ccc(C(=O)N3CCCC3CN3CCCC3)cc2)c1.O=C(O)C(F)(F)F. The molecule has 0 bridgehead atoms. The van der Waals surface area contributed by atoms with Gasteiger partial charge in [-0.25, -0.2) is 4.79 Å². The molecule has 2 aliphatic rings. The van der Waals surface area contributed by atoms with E-state index in [1.165, 1.54) is 25.9 Å². The number of methoxy groups -OCH3 is 1. The van der Waals surface area contributed by atoms with E-state index in [2.05, 4.69) is 9.80 Å². The first-order chi connectivity index (χ1) is 17.2. The van der Waals surface area contributed by atoms with Gasteiger partial charge in [0.1, 0.15) is 18.1 Å². The lowest BCUT2D eigenvalue weighted by molar-refractivity contribution is -0.192. The zero-order chi connectivity index (χ0) is 26.1. The third kappa shape index (κ3) is 7.87. The van der Waals surface area contributed by atoms with E-state index in [0.29, 0.717) is 12.6 Å². The molecule has 0 aliphatic carbocycles. The van der Waals surface area contributed by atoms with Crippen molar-refractivity contribution in [3.63, 3.8) is 0 Å². The number of carboxylic acid groups (broad SMARTS) is 1. The maximum Gasteiger partial charge on any atom is 0.490 e. The van der Waals surface area contributed by atoms with Gasteiger partial charge in [0.25, 0.3) is 5.91 Å². The number of hydrogen-bond acceptors (Lipinski definition) is 5. The van der Waals surface area contributed by atoms with Gasteiger partial charge in [-0.2, -0.15) is 13.2 Å².